The van der Waals surface area contributed by atoms with Gasteiger partial charge in [-0.2, -0.15) is 0 Å². The van der Waals surface area contributed by atoms with Crippen molar-refractivity contribution in [2.75, 3.05) is 0 Å². The van der Waals surface area contributed by atoms with E-state index in [1.54, 1.807) is 12.1 Å². The lowest BCUT2D eigenvalue weighted by atomic mass is 9.66. The van der Waals surface area contributed by atoms with Gasteiger partial charge in [0.1, 0.15) is 11.5 Å². The number of benzene rings is 7. The highest BCUT2D eigenvalue weighted by Gasteiger charge is 2.46. The average molecular weight is 529 g/mol. The van der Waals surface area contributed by atoms with Crippen LogP contribution in [-0.2, 0) is 5.41 Å². The molecule has 2 heteroatoms. The molecule has 0 unspecified atom stereocenters. The first-order valence-corrected chi connectivity index (χ1v) is 14.0. The van der Waals surface area contributed by atoms with Crippen LogP contribution in [0.4, 0.5) is 0 Å². The highest BCUT2D eigenvalue weighted by atomic mass is 16.3. The van der Waals surface area contributed by atoms with Crippen molar-refractivity contribution >= 4 is 32.3 Å². The molecule has 0 amide bonds. The lowest BCUT2D eigenvalue weighted by Crippen LogP contribution is -2.28. The molecular formula is C39H28O2. The quantitative estimate of drug-likeness (QED) is 0.235. The summed E-state index contributed by atoms with van der Waals surface area (Å²) in [6, 6.07) is 42.6. The zero-order valence-corrected chi connectivity index (χ0v) is 22.9. The number of rotatable bonds is 2. The molecule has 196 valence electrons. The molecule has 41 heavy (non-hydrogen) atoms. The lowest BCUT2D eigenvalue weighted by molar-refractivity contribution is 0.475. The largest absolute Gasteiger partial charge is 0.508 e. The molecule has 2 nitrogen and oxygen atoms in total. The van der Waals surface area contributed by atoms with Gasteiger partial charge in [0.15, 0.2) is 0 Å². The van der Waals surface area contributed by atoms with E-state index < -0.39 is 5.41 Å². The molecule has 0 saturated heterocycles. The third-order valence-electron chi connectivity index (χ3n) is 9.13. The molecule has 8 rings (SSSR count). The number of hydrogen-bond acceptors (Lipinski definition) is 2. The minimum absolute atomic E-state index is 0.270. The zero-order valence-electron chi connectivity index (χ0n) is 22.9. The summed E-state index contributed by atoms with van der Waals surface area (Å²) in [7, 11) is 0. The summed E-state index contributed by atoms with van der Waals surface area (Å²) in [6.07, 6.45) is 0. The first kappa shape index (κ1) is 23.8. The molecule has 0 heterocycles. The van der Waals surface area contributed by atoms with Crippen molar-refractivity contribution in [3.63, 3.8) is 0 Å². The van der Waals surface area contributed by atoms with Gasteiger partial charge in [-0.1, -0.05) is 72.8 Å². The fourth-order valence-corrected chi connectivity index (χ4v) is 6.99. The van der Waals surface area contributed by atoms with Crippen LogP contribution in [0.2, 0.25) is 0 Å². The molecule has 0 aliphatic heterocycles. The maximum Gasteiger partial charge on any atom is 0.116 e. The number of phenols is 2. The molecule has 7 aromatic rings. The van der Waals surface area contributed by atoms with Crippen molar-refractivity contribution in [3.05, 3.63) is 155 Å². The van der Waals surface area contributed by atoms with Gasteiger partial charge in [-0.3, -0.25) is 0 Å². The van der Waals surface area contributed by atoms with Crippen molar-refractivity contribution in [2.24, 2.45) is 0 Å². The van der Waals surface area contributed by atoms with Crippen molar-refractivity contribution < 1.29 is 10.2 Å². The molecule has 0 saturated carbocycles. The van der Waals surface area contributed by atoms with Crippen LogP contribution >= 0.6 is 0 Å². The molecule has 0 atom stereocenters. The summed E-state index contributed by atoms with van der Waals surface area (Å²) in [5, 5.41) is 27.0. The highest BCUT2D eigenvalue weighted by Crippen LogP contribution is 2.58. The Hall–Kier alpha value is -5.08. The lowest BCUT2D eigenvalue weighted by Gasteiger charge is -2.35. The molecule has 1 aliphatic carbocycles. The van der Waals surface area contributed by atoms with E-state index in [1.807, 2.05) is 24.3 Å². The van der Waals surface area contributed by atoms with Crippen LogP contribution in [0.3, 0.4) is 0 Å². The van der Waals surface area contributed by atoms with Crippen LogP contribution in [0.1, 0.15) is 33.4 Å². The minimum atomic E-state index is -0.564. The predicted molar refractivity (Wildman–Crippen MR) is 169 cm³/mol. The Bertz CT molecular complexity index is 2120. The second-order valence-electron chi connectivity index (χ2n) is 11.5. The second-order valence-corrected chi connectivity index (χ2v) is 11.5. The first-order valence-electron chi connectivity index (χ1n) is 14.0. The molecule has 7 aromatic carbocycles. The fourth-order valence-electron chi connectivity index (χ4n) is 6.99. The predicted octanol–water partition coefficient (Wildman–Crippen LogP) is 9.54. The molecule has 0 spiro atoms. The van der Waals surface area contributed by atoms with Crippen molar-refractivity contribution in [2.45, 2.75) is 19.3 Å². The Labute approximate surface area is 238 Å². The summed E-state index contributed by atoms with van der Waals surface area (Å²) in [5.74, 6) is 0.541. The summed E-state index contributed by atoms with van der Waals surface area (Å²) < 4.78 is 0. The SMILES string of the molecule is Cc1cc2c(cc1C)C(c1ccc3cc(O)ccc3c1)(c1ccc3cc(O)ccc3c1)c1cc3ccccc3cc1-2. The van der Waals surface area contributed by atoms with Gasteiger partial charge in [0, 0.05) is 0 Å². The van der Waals surface area contributed by atoms with Crippen LogP contribution in [-0.4, -0.2) is 10.2 Å². The van der Waals surface area contributed by atoms with E-state index in [1.165, 1.54) is 55.3 Å². The minimum Gasteiger partial charge on any atom is -0.508 e. The third-order valence-corrected chi connectivity index (χ3v) is 9.13. The molecule has 0 radical (unpaired) electrons. The number of aryl methyl sites for hydroxylation is 2. The van der Waals surface area contributed by atoms with E-state index in [9.17, 15) is 10.2 Å². The monoisotopic (exact) mass is 528 g/mol. The number of hydrogen-bond donors (Lipinski definition) is 2. The van der Waals surface area contributed by atoms with Gasteiger partial charge < -0.3 is 10.2 Å². The normalized spacial score (nSPS) is 13.5. The van der Waals surface area contributed by atoms with Gasteiger partial charge in [-0.25, -0.2) is 0 Å². The van der Waals surface area contributed by atoms with Gasteiger partial charge in [0.25, 0.3) is 0 Å². The number of phenolic OH excluding ortho intramolecular Hbond substituents is 2. The Morgan fingerprint density at radius 3 is 1.46 bits per heavy atom. The smallest absolute Gasteiger partial charge is 0.116 e. The second kappa shape index (κ2) is 8.46. The molecule has 0 aromatic heterocycles. The van der Waals surface area contributed by atoms with E-state index in [2.05, 4.69) is 98.8 Å². The molecule has 0 bridgehead atoms. The Balaban J connectivity index is 1.56. The number of fused-ring (bicyclic) bond motifs is 6. The van der Waals surface area contributed by atoms with E-state index in [0.29, 0.717) is 0 Å². The van der Waals surface area contributed by atoms with Crippen LogP contribution in [0.15, 0.2) is 121 Å². The fraction of sp³-hybridized carbons (Fsp3) is 0.0769. The summed E-state index contributed by atoms with van der Waals surface area (Å²) in [6.45, 7) is 4.40. The van der Waals surface area contributed by atoms with Crippen molar-refractivity contribution in [1.82, 2.24) is 0 Å². The van der Waals surface area contributed by atoms with Crippen LogP contribution < -0.4 is 0 Å². The maximum atomic E-state index is 10.2. The molecular weight excluding hydrogens is 500 g/mol. The Kier molecular flexibility index (Phi) is 4.91. The van der Waals surface area contributed by atoms with Gasteiger partial charge in [-0.15, -0.1) is 0 Å². The summed E-state index contributed by atoms with van der Waals surface area (Å²) >= 11 is 0. The molecule has 2 N–H and O–H groups in total. The highest BCUT2D eigenvalue weighted by molar-refractivity contribution is 5.98. The molecule has 0 fully saturated rings. The van der Waals surface area contributed by atoms with Gasteiger partial charge >= 0.3 is 0 Å². The molecule has 1 aliphatic rings. The van der Waals surface area contributed by atoms with E-state index in [-0.39, 0.29) is 11.5 Å². The Morgan fingerprint density at radius 2 is 0.854 bits per heavy atom. The van der Waals surface area contributed by atoms with Crippen LogP contribution in [0.5, 0.6) is 11.5 Å². The first-order chi connectivity index (χ1) is 19.9. The van der Waals surface area contributed by atoms with E-state index in [0.717, 1.165) is 21.5 Å². The maximum absolute atomic E-state index is 10.2. The average Bonchev–Trinajstić information content (AvgIpc) is 3.24. The standard InChI is InChI=1S/C39H28O2/c1-23-15-35-36-21-25-5-3-4-6-26(25)22-38(36)39(37(35)16-24(23)2,31-11-7-29-19-33(40)13-9-27(29)17-31)32-12-8-30-20-34(41)14-10-28(30)18-32/h3-22,40-41H,1-2H3. The van der Waals surface area contributed by atoms with Gasteiger partial charge in [0.2, 0.25) is 0 Å². The van der Waals surface area contributed by atoms with Crippen molar-refractivity contribution in [3.8, 4) is 22.6 Å². The topological polar surface area (TPSA) is 40.5 Å². The summed E-state index contributed by atoms with van der Waals surface area (Å²) in [5.41, 5.74) is 9.44. The van der Waals surface area contributed by atoms with E-state index >= 15 is 0 Å². The third kappa shape index (κ3) is 3.37. The van der Waals surface area contributed by atoms with E-state index in [4.69, 9.17) is 0 Å². The van der Waals surface area contributed by atoms with Gasteiger partial charge in [0.05, 0.1) is 5.41 Å². The van der Waals surface area contributed by atoms with Crippen molar-refractivity contribution in [1.29, 1.82) is 0 Å². The van der Waals surface area contributed by atoms with Gasteiger partial charge in [-0.05, 0) is 139 Å². The van der Waals surface area contributed by atoms with Crippen LogP contribution in [0.25, 0.3) is 43.4 Å². The zero-order chi connectivity index (χ0) is 27.9. The summed E-state index contributed by atoms with van der Waals surface area (Å²) in [4.78, 5) is 0. The van der Waals surface area contributed by atoms with Crippen LogP contribution in [0, 0.1) is 13.8 Å². The Morgan fingerprint density at radius 1 is 0.415 bits per heavy atom. The number of aromatic hydroxyl groups is 2.